The Balaban J connectivity index is 1.65. The Hall–Kier alpha value is -0.570. The molecule has 15 heavy (non-hydrogen) atoms. The minimum atomic E-state index is -0.0199. The van der Waals surface area contributed by atoms with Gasteiger partial charge in [0.2, 0.25) is 0 Å². The SMILES string of the molecule is CCOC(=O)C1C(N)C2C3CC4C2C4C31. The first-order valence-corrected chi connectivity index (χ1v) is 6.18. The quantitative estimate of drug-likeness (QED) is 0.676. The molecule has 0 heterocycles. The summed E-state index contributed by atoms with van der Waals surface area (Å²) < 4.78 is 5.16. The molecule has 3 heteroatoms. The Morgan fingerprint density at radius 1 is 1.27 bits per heavy atom. The predicted octanol–water partition coefficient (Wildman–Crippen LogP) is 0.635. The summed E-state index contributed by atoms with van der Waals surface area (Å²) in [7, 11) is 0. The number of ether oxygens (including phenoxy) is 1. The molecule has 6 bridgehead atoms. The molecule has 2 N–H and O–H groups in total. The highest BCUT2D eigenvalue weighted by atomic mass is 16.5. The monoisotopic (exact) mass is 207 g/mol. The van der Waals surface area contributed by atoms with E-state index in [1.165, 1.54) is 6.42 Å². The molecular weight excluding hydrogens is 190 g/mol. The van der Waals surface area contributed by atoms with E-state index in [1.54, 1.807) is 0 Å². The predicted molar refractivity (Wildman–Crippen MR) is 53.7 cm³/mol. The second-order valence-corrected chi connectivity index (χ2v) is 5.73. The van der Waals surface area contributed by atoms with E-state index in [9.17, 15) is 4.79 Å². The second kappa shape index (κ2) is 2.40. The van der Waals surface area contributed by atoms with Crippen LogP contribution in [0.4, 0.5) is 0 Å². The lowest BCUT2D eigenvalue weighted by atomic mass is 9.85. The first-order valence-electron chi connectivity index (χ1n) is 6.18. The van der Waals surface area contributed by atoms with Crippen LogP contribution in [-0.4, -0.2) is 18.6 Å². The molecule has 0 saturated heterocycles. The van der Waals surface area contributed by atoms with E-state index in [0.717, 1.165) is 23.7 Å². The van der Waals surface area contributed by atoms with Crippen molar-refractivity contribution in [3.63, 3.8) is 0 Å². The number of rotatable bonds is 2. The maximum atomic E-state index is 11.9. The van der Waals surface area contributed by atoms with E-state index < -0.39 is 0 Å². The fourth-order valence-electron chi connectivity index (χ4n) is 5.38. The van der Waals surface area contributed by atoms with Gasteiger partial charge in [0.15, 0.2) is 0 Å². The normalized spacial score (nSPS) is 62.3. The minimum absolute atomic E-state index is 0.0199. The number of esters is 1. The summed E-state index contributed by atoms with van der Waals surface area (Å²) in [5.41, 5.74) is 6.23. The third-order valence-corrected chi connectivity index (χ3v) is 5.55. The lowest BCUT2D eigenvalue weighted by Crippen LogP contribution is -2.42. The minimum Gasteiger partial charge on any atom is -0.466 e. The molecule has 0 aromatic heterocycles. The van der Waals surface area contributed by atoms with Crippen LogP contribution in [0.25, 0.3) is 0 Å². The van der Waals surface area contributed by atoms with Gasteiger partial charge < -0.3 is 10.5 Å². The van der Waals surface area contributed by atoms with Crippen LogP contribution in [0.1, 0.15) is 13.3 Å². The molecule has 0 aromatic rings. The van der Waals surface area contributed by atoms with E-state index in [1.807, 2.05) is 6.92 Å². The molecule has 0 spiro atoms. The molecule has 8 atom stereocenters. The van der Waals surface area contributed by atoms with Crippen molar-refractivity contribution in [3.05, 3.63) is 0 Å². The fraction of sp³-hybridized carbons (Fsp3) is 0.917. The van der Waals surface area contributed by atoms with Crippen LogP contribution in [0.5, 0.6) is 0 Å². The van der Waals surface area contributed by atoms with Crippen LogP contribution in [0.15, 0.2) is 0 Å². The Bertz CT molecular complexity index is 343. The number of carbonyl (C=O) groups excluding carboxylic acids is 1. The molecule has 82 valence electrons. The van der Waals surface area contributed by atoms with Crippen molar-refractivity contribution >= 4 is 5.97 Å². The van der Waals surface area contributed by atoms with E-state index in [-0.39, 0.29) is 17.9 Å². The maximum absolute atomic E-state index is 11.9. The zero-order valence-corrected chi connectivity index (χ0v) is 8.93. The molecule has 5 aliphatic rings. The van der Waals surface area contributed by atoms with E-state index >= 15 is 0 Å². The van der Waals surface area contributed by atoms with Crippen molar-refractivity contribution in [2.75, 3.05) is 6.61 Å². The topological polar surface area (TPSA) is 52.3 Å². The molecule has 5 saturated carbocycles. The zero-order chi connectivity index (χ0) is 10.3. The Kier molecular flexibility index (Phi) is 1.37. The van der Waals surface area contributed by atoms with Crippen LogP contribution in [0, 0.1) is 41.4 Å². The molecule has 5 rings (SSSR count). The smallest absolute Gasteiger partial charge is 0.310 e. The number of hydrogen-bond acceptors (Lipinski definition) is 3. The van der Waals surface area contributed by atoms with Gasteiger partial charge in [0, 0.05) is 6.04 Å². The van der Waals surface area contributed by atoms with Crippen molar-refractivity contribution in [3.8, 4) is 0 Å². The summed E-state index contributed by atoms with van der Waals surface area (Å²) in [6.45, 7) is 2.36. The van der Waals surface area contributed by atoms with Gasteiger partial charge in [0.25, 0.3) is 0 Å². The Morgan fingerprint density at radius 2 is 1.93 bits per heavy atom. The largest absolute Gasteiger partial charge is 0.466 e. The first-order chi connectivity index (χ1) is 7.25. The van der Waals surface area contributed by atoms with Crippen molar-refractivity contribution < 1.29 is 9.53 Å². The highest BCUT2D eigenvalue weighted by Crippen LogP contribution is 2.81. The van der Waals surface area contributed by atoms with Crippen molar-refractivity contribution in [1.29, 1.82) is 0 Å². The summed E-state index contributed by atoms with van der Waals surface area (Å²) in [5, 5.41) is 0. The Morgan fingerprint density at radius 3 is 2.53 bits per heavy atom. The average Bonchev–Trinajstić information content (AvgIpc) is 2.57. The van der Waals surface area contributed by atoms with Gasteiger partial charge in [-0.25, -0.2) is 0 Å². The lowest BCUT2D eigenvalue weighted by molar-refractivity contribution is -0.150. The van der Waals surface area contributed by atoms with E-state index in [0.29, 0.717) is 18.4 Å². The van der Waals surface area contributed by atoms with Gasteiger partial charge in [0.05, 0.1) is 12.5 Å². The van der Waals surface area contributed by atoms with E-state index in [2.05, 4.69) is 0 Å². The number of hydrogen-bond donors (Lipinski definition) is 1. The lowest BCUT2D eigenvalue weighted by Gasteiger charge is -2.25. The highest BCUT2D eigenvalue weighted by Gasteiger charge is 2.80. The van der Waals surface area contributed by atoms with Crippen LogP contribution < -0.4 is 5.73 Å². The average molecular weight is 207 g/mol. The molecule has 0 aliphatic heterocycles. The summed E-state index contributed by atoms with van der Waals surface area (Å²) >= 11 is 0. The van der Waals surface area contributed by atoms with Gasteiger partial charge in [-0.3, -0.25) is 4.79 Å². The fourth-order valence-corrected chi connectivity index (χ4v) is 5.38. The number of nitrogens with two attached hydrogens (primary N) is 1. The summed E-state index contributed by atoms with van der Waals surface area (Å²) in [6, 6.07) is 0.104. The van der Waals surface area contributed by atoms with Crippen LogP contribution in [0.3, 0.4) is 0 Å². The van der Waals surface area contributed by atoms with Crippen molar-refractivity contribution in [1.82, 2.24) is 0 Å². The maximum Gasteiger partial charge on any atom is 0.310 e. The molecule has 8 unspecified atom stereocenters. The third kappa shape index (κ3) is 0.748. The molecule has 0 radical (unpaired) electrons. The van der Waals surface area contributed by atoms with Gasteiger partial charge in [-0.2, -0.15) is 0 Å². The Labute approximate surface area is 89.3 Å². The first kappa shape index (κ1) is 8.57. The van der Waals surface area contributed by atoms with Crippen LogP contribution >= 0.6 is 0 Å². The highest BCUT2D eigenvalue weighted by molar-refractivity contribution is 5.75. The van der Waals surface area contributed by atoms with Gasteiger partial charge in [0.1, 0.15) is 0 Å². The second-order valence-electron chi connectivity index (χ2n) is 5.73. The molecule has 3 nitrogen and oxygen atoms in total. The standard InChI is InChI=1S/C12H17NO2/c1-2-15-12(14)10-8-5-3-4-6(8)7(4)9(5)11(10)13/h4-11H,2-3,13H2,1H3. The van der Waals surface area contributed by atoms with Crippen LogP contribution in [-0.2, 0) is 9.53 Å². The van der Waals surface area contributed by atoms with Crippen LogP contribution in [0.2, 0.25) is 0 Å². The number of carbonyl (C=O) groups is 1. The third-order valence-electron chi connectivity index (χ3n) is 5.55. The molecule has 5 fully saturated rings. The van der Waals surface area contributed by atoms with Crippen molar-refractivity contribution in [2.45, 2.75) is 19.4 Å². The molecule has 0 aromatic carbocycles. The van der Waals surface area contributed by atoms with Gasteiger partial charge in [-0.15, -0.1) is 0 Å². The zero-order valence-electron chi connectivity index (χ0n) is 8.93. The molecule has 5 aliphatic carbocycles. The van der Waals surface area contributed by atoms with Gasteiger partial charge in [-0.05, 0) is 48.9 Å². The summed E-state index contributed by atoms with van der Waals surface area (Å²) in [6.07, 6.45) is 1.36. The summed E-state index contributed by atoms with van der Waals surface area (Å²) in [4.78, 5) is 11.9. The van der Waals surface area contributed by atoms with Crippen molar-refractivity contribution in [2.24, 2.45) is 47.2 Å². The summed E-state index contributed by atoms with van der Waals surface area (Å²) in [5.74, 6) is 4.75. The van der Waals surface area contributed by atoms with Gasteiger partial charge in [-0.1, -0.05) is 0 Å². The van der Waals surface area contributed by atoms with E-state index in [4.69, 9.17) is 10.5 Å². The van der Waals surface area contributed by atoms with Gasteiger partial charge >= 0.3 is 5.97 Å². The molecule has 0 amide bonds. The molecular formula is C12H17NO2.